The minimum atomic E-state index is 0.203. The van der Waals surface area contributed by atoms with Crippen molar-refractivity contribution < 1.29 is 0 Å². The summed E-state index contributed by atoms with van der Waals surface area (Å²) < 4.78 is 0.203. The van der Waals surface area contributed by atoms with E-state index in [0.717, 1.165) is 5.92 Å². The summed E-state index contributed by atoms with van der Waals surface area (Å²) in [4.78, 5) is 2.41. The highest BCUT2D eigenvalue weighted by atomic mass is 32.1. The first kappa shape index (κ1) is 9.46. The summed E-state index contributed by atoms with van der Waals surface area (Å²) in [6.45, 7) is 6.93. The largest absolute Gasteiger partial charge is 0.348 e. The van der Waals surface area contributed by atoms with Crippen molar-refractivity contribution in [2.45, 2.75) is 31.4 Å². The smallest absolute Gasteiger partial charge is 0.185 e. The molecule has 0 bridgehead atoms. The fraction of sp³-hybridized carbons (Fsp3) is 1.00. The van der Waals surface area contributed by atoms with Crippen molar-refractivity contribution in [2.75, 3.05) is 13.1 Å². The Morgan fingerprint density at radius 1 is 1.55 bits per heavy atom. The summed E-state index contributed by atoms with van der Waals surface area (Å²) in [5, 5.41) is 0. The standard InChI is InChI=1S/C8H18BNS/c1-8(2,11)7-4-3-5-10(9)6-7/h7,11H,3-6,9H2,1-2H3. The van der Waals surface area contributed by atoms with Crippen molar-refractivity contribution in [2.24, 2.45) is 5.92 Å². The Balaban J connectivity index is 2.46. The molecule has 0 aliphatic carbocycles. The molecule has 0 radical (unpaired) electrons. The number of piperidine rings is 1. The van der Waals surface area contributed by atoms with Crippen molar-refractivity contribution in [3.63, 3.8) is 0 Å². The van der Waals surface area contributed by atoms with E-state index in [9.17, 15) is 0 Å². The summed E-state index contributed by atoms with van der Waals surface area (Å²) in [5.74, 6) is 0.768. The van der Waals surface area contributed by atoms with Gasteiger partial charge in [-0.25, -0.2) is 0 Å². The van der Waals surface area contributed by atoms with E-state index in [-0.39, 0.29) is 4.75 Å². The van der Waals surface area contributed by atoms with Crippen molar-refractivity contribution in [1.82, 2.24) is 4.81 Å². The predicted molar refractivity (Wildman–Crippen MR) is 55.9 cm³/mol. The molecule has 0 saturated carbocycles. The number of nitrogens with zero attached hydrogens (tertiary/aromatic N) is 1. The third-order valence-corrected chi connectivity index (χ3v) is 2.99. The average Bonchev–Trinajstić information content (AvgIpc) is 1.86. The Hall–Kier alpha value is 0.375. The molecule has 1 aliphatic heterocycles. The first-order valence-corrected chi connectivity index (χ1v) is 4.86. The van der Waals surface area contributed by atoms with Gasteiger partial charge in [-0.3, -0.25) is 0 Å². The molecule has 3 heteroatoms. The predicted octanol–water partition coefficient (Wildman–Crippen LogP) is 0.955. The van der Waals surface area contributed by atoms with E-state index in [0.29, 0.717) is 0 Å². The van der Waals surface area contributed by atoms with Gasteiger partial charge in [-0.05, 0) is 31.8 Å². The van der Waals surface area contributed by atoms with Crippen LogP contribution in [0.15, 0.2) is 0 Å². The summed E-state index contributed by atoms with van der Waals surface area (Å²) in [5.41, 5.74) is 0. The quantitative estimate of drug-likeness (QED) is 0.454. The lowest BCUT2D eigenvalue weighted by Gasteiger charge is -2.37. The first-order chi connectivity index (χ1) is 5.00. The van der Waals surface area contributed by atoms with Gasteiger partial charge in [0, 0.05) is 4.75 Å². The Morgan fingerprint density at radius 3 is 2.55 bits per heavy atom. The van der Waals surface area contributed by atoms with Gasteiger partial charge in [0.15, 0.2) is 7.98 Å². The summed E-state index contributed by atoms with van der Waals surface area (Å²) >= 11 is 4.61. The number of rotatable bonds is 1. The van der Waals surface area contributed by atoms with Crippen LogP contribution >= 0.6 is 12.6 Å². The topological polar surface area (TPSA) is 3.24 Å². The van der Waals surface area contributed by atoms with Crippen LogP contribution in [0.5, 0.6) is 0 Å². The molecule has 0 spiro atoms. The Labute approximate surface area is 76.4 Å². The van der Waals surface area contributed by atoms with Crippen molar-refractivity contribution in [1.29, 1.82) is 0 Å². The maximum Gasteiger partial charge on any atom is 0.185 e. The molecular formula is C8H18BNS. The second-order valence-corrected chi connectivity index (χ2v) is 5.41. The zero-order valence-electron chi connectivity index (χ0n) is 7.80. The molecule has 64 valence electrons. The molecule has 1 nitrogen and oxygen atoms in total. The lowest BCUT2D eigenvalue weighted by Crippen LogP contribution is -2.40. The van der Waals surface area contributed by atoms with Gasteiger partial charge in [0.25, 0.3) is 0 Å². The van der Waals surface area contributed by atoms with Gasteiger partial charge in [0.1, 0.15) is 0 Å². The minimum Gasteiger partial charge on any atom is -0.348 e. The maximum absolute atomic E-state index is 4.61. The summed E-state index contributed by atoms with van der Waals surface area (Å²) in [7, 11) is 2.20. The van der Waals surface area contributed by atoms with Crippen LogP contribution in [-0.4, -0.2) is 30.6 Å². The molecule has 1 heterocycles. The normalized spacial score (nSPS) is 28.8. The lowest BCUT2D eigenvalue weighted by molar-refractivity contribution is 0.242. The minimum absolute atomic E-state index is 0.203. The number of thiol groups is 1. The van der Waals surface area contributed by atoms with Crippen LogP contribution in [-0.2, 0) is 0 Å². The molecule has 1 rings (SSSR count). The van der Waals surface area contributed by atoms with Crippen LogP contribution in [0.1, 0.15) is 26.7 Å². The summed E-state index contributed by atoms with van der Waals surface area (Å²) in [6.07, 6.45) is 2.69. The number of hydrogen-bond acceptors (Lipinski definition) is 2. The second kappa shape index (κ2) is 3.40. The van der Waals surface area contributed by atoms with E-state index in [2.05, 4.69) is 39.3 Å². The third-order valence-electron chi connectivity index (χ3n) is 2.62. The van der Waals surface area contributed by atoms with Crippen LogP contribution in [0.3, 0.4) is 0 Å². The molecule has 0 aromatic carbocycles. The van der Waals surface area contributed by atoms with Crippen LogP contribution in [0.25, 0.3) is 0 Å². The fourth-order valence-corrected chi connectivity index (χ4v) is 1.95. The van der Waals surface area contributed by atoms with Gasteiger partial charge in [0.2, 0.25) is 0 Å². The van der Waals surface area contributed by atoms with Gasteiger partial charge < -0.3 is 4.81 Å². The SMILES string of the molecule is BN1CCCC(C(C)(C)S)C1. The molecule has 1 aliphatic rings. The summed E-state index contributed by atoms with van der Waals surface area (Å²) in [6, 6.07) is 0. The molecule has 1 atom stereocenters. The molecule has 0 aromatic rings. The highest BCUT2D eigenvalue weighted by Gasteiger charge is 2.28. The van der Waals surface area contributed by atoms with E-state index >= 15 is 0 Å². The highest BCUT2D eigenvalue weighted by molar-refractivity contribution is 7.81. The van der Waals surface area contributed by atoms with Crippen LogP contribution < -0.4 is 0 Å². The molecule has 0 aromatic heterocycles. The Morgan fingerprint density at radius 2 is 2.18 bits per heavy atom. The second-order valence-electron chi connectivity index (χ2n) is 4.26. The molecular weight excluding hydrogens is 153 g/mol. The van der Waals surface area contributed by atoms with Crippen molar-refractivity contribution >= 4 is 20.6 Å². The Kier molecular flexibility index (Phi) is 2.93. The van der Waals surface area contributed by atoms with Gasteiger partial charge in [0.05, 0.1) is 0 Å². The molecule has 11 heavy (non-hydrogen) atoms. The van der Waals surface area contributed by atoms with Gasteiger partial charge in [-0.15, -0.1) is 0 Å². The zero-order chi connectivity index (χ0) is 8.48. The van der Waals surface area contributed by atoms with Crippen LogP contribution in [0, 0.1) is 5.92 Å². The van der Waals surface area contributed by atoms with E-state index in [1.807, 2.05) is 0 Å². The fourth-order valence-electron chi connectivity index (χ4n) is 1.74. The monoisotopic (exact) mass is 171 g/mol. The average molecular weight is 171 g/mol. The van der Waals surface area contributed by atoms with Gasteiger partial charge in [-0.1, -0.05) is 13.8 Å². The molecule has 1 saturated heterocycles. The maximum atomic E-state index is 4.61. The van der Waals surface area contributed by atoms with E-state index in [1.165, 1.54) is 25.9 Å². The zero-order valence-corrected chi connectivity index (χ0v) is 8.69. The highest BCUT2D eigenvalue weighted by Crippen LogP contribution is 2.30. The number of hydrogen-bond donors (Lipinski definition) is 1. The molecule has 0 amide bonds. The van der Waals surface area contributed by atoms with Gasteiger partial charge in [-0.2, -0.15) is 12.6 Å². The molecule has 1 unspecified atom stereocenters. The Bertz CT molecular complexity index is 133. The molecule has 1 fully saturated rings. The van der Waals surface area contributed by atoms with E-state index in [1.54, 1.807) is 0 Å². The first-order valence-electron chi connectivity index (χ1n) is 4.41. The molecule has 0 N–H and O–H groups in total. The van der Waals surface area contributed by atoms with Crippen molar-refractivity contribution in [3.8, 4) is 0 Å². The van der Waals surface area contributed by atoms with Crippen LogP contribution in [0.2, 0.25) is 0 Å². The third kappa shape index (κ3) is 2.71. The van der Waals surface area contributed by atoms with E-state index < -0.39 is 0 Å². The lowest BCUT2D eigenvalue weighted by atomic mass is 9.86. The van der Waals surface area contributed by atoms with Gasteiger partial charge >= 0.3 is 0 Å². The van der Waals surface area contributed by atoms with Crippen molar-refractivity contribution in [3.05, 3.63) is 0 Å². The van der Waals surface area contributed by atoms with E-state index in [4.69, 9.17) is 0 Å². The van der Waals surface area contributed by atoms with Crippen LogP contribution in [0.4, 0.5) is 0 Å².